The van der Waals surface area contributed by atoms with Gasteiger partial charge in [0.05, 0.1) is 25.0 Å². The molecule has 3 rings (SSSR count). The van der Waals surface area contributed by atoms with Gasteiger partial charge in [-0.2, -0.15) is 8.42 Å². The molecule has 0 spiro atoms. The predicted octanol–water partition coefficient (Wildman–Crippen LogP) is 2.42. The first-order chi connectivity index (χ1) is 10.5. The molecule has 2 aliphatic rings. The Bertz CT molecular complexity index is 683. The van der Waals surface area contributed by atoms with Crippen molar-refractivity contribution < 1.29 is 17.3 Å². The second-order valence-corrected chi connectivity index (χ2v) is 7.68. The minimum Gasteiger partial charge on any atom is -0.372 e. The van der Waals surface area contributed by atoms with Crippen molar-refractivity contribution in [2.75, 3.05) is 24.7 Å². The lowest BCUT2D eigenvalue weighted by atomic mass is 9.97. The molecule has 1 saturated carbocycles. The van der Waals surface area contributed by atoms with Crippen LogP contribution in [0.4, 0.5) is 5.69 Å². The third-order valence-corrected chi connectivity index (χ3v) is 5.72. The number of morpholine rings is 1. The Hall–Kier alpha value is -1.02. The summed E-state index contributed by atoms with van der Waals surface area (Å²) >= 11 is 5.32. The van der Waals surface area contributed by atoms with Gasteiger partial charge in [0, 0.05) is 6.54 Å². The highest BCUT2D eigenvalue weighted by molar-refractivity contribution is 7.87. The summed E-state index contributed by atoms with van der Waals surface area (Å²) in [6.07, 6.45) is 2.44. The van der Waals surface area contributed by atoms with Gasteiger partial charge in [-0.25, -0.2) is 0 Å². The van der Waals surface area contributed by atoms with Crippen molar-refractivity contribution in [3.8, 4) is 0 Å². The highest BCUT2D eigenvalue weighted by Crippen LogP contribution is 2.32. The molecule has 0 aromatic heterocycles. The van der Waals surface area contributed by atoms with Crippen LogP contribution in [0, 0.1) is 6.92 Å². The molecule has 0 N–H and O–H groups in total. The van der Waals surface area contributed by atoms with Gasteiger partial charge in [0.25, 0.3) is 10.1 Å². The van der Waals surface area contributed by atoms with Gasteiger partial charge in [-0.15, -0.1) is 0 Å². The summed E-state index contributed by atoms with van der Waals surface area (Å²) in [5.74, 6) is 0. The Labute approximate surface area is 136 Å². The summed E-state index contributed by atoms with van der Waals surface area (Å²) < 4.78 is 35.8. The number of thiocarbonyl (C=S) groups is 1. The van der Waals surface area contributed by atoms with Gasteiger partial charge >= 0.3 is 0 Å². The van der Waals surface area contributed by atoms with Crippen LogP contribution in [-0.2, 0) is 19.0 Å². The fourth-order valence-electron chi connectivity index (χ4n) is 2.52. The van der Waals surface area contributed by atoms with Crippen LogP contribution in [0.2, 0.25) is 0 Å². The lowest BCUT2D eigenvalue weighted by Crippen LogP contribution is -2.41. The van der Waals surface area contributed by atoms with Gasteiger partial charge in [-0.3, -0.25) is 4.18 Å². The largest absolute Gasteiger partial charge is 0.372 e. The van der Waals surface area contributed by atoms with Crippen LogP contribution >= 0.6 is 12.2 Å². The quantitative estimate of drug-likeness (QED) is 0.619. The average Bonchev–Trinajstić information content (AvgIpc) is 2.43. The number of hydrogen-bond acceptors (Lipinski definition) is 5. The minimum atomic E-state index is -3.78. The second kappa shape index (κ2) is 6.23. The minimum absolute atomic E-state index is 0.184. The maximum Gasteiger partial charge on any atom is 0.299 e. The standard InChI is InChI=1S/C15H19NO4S2/c1-11-5-6-14(22(17,18)20-12-3-2-4-12)13(9-11)16-7-8-19-10-15(16)21/h5-6,9,12H,2-4,7-8,10H2,1H3. The number of aryl methyl sites for hydroxylation is 1. The molecule has 5 nitrogen and oxygen atoms in total. The summed E-state index contributed by atoms with van der Waals surface area (Å²) in [6.45, 7) is 3.34. The first kappa shape index (κ1) is 15.9. The molecule has 120 valence electrons. The maximum absolute atomic E-state index is 12.6. The molecule has 0 radical (unpaired) electrons. The highest BCUT2D eigenvalue weighted by Gasteiger charge is 2.30. The zero-order valence-electron chi connectivity index (χ0n) is 12.4. The predicted molar refractivity (Wildman–Crippen MR) is 87.9 cm³/mol. The fourth-order valence-corrected chi connectivity index (χ4v) is 4.11. The van der Waals surface area contributed by atoms with Gasteiger partial charge in [0.2, 0.25) is 0 Å². The zero-order valence-corrected chi connectivity index (χ0v) is 14.1. The van der Waals surface area contributed by atoms with Gasteiger partial charge in [-0.05, 0) is 43.9 Å². The molecule has 22 heavy (non-hydrogen) atoms. The van der Waals surface area contributed by atoms with Gasteiger partial charge < -0.3 is 9.64 Å². The number of nitrogens with zero attached hydrogens (tertiary/aromatic N) is 1. The lowest BCUT2D eigenvalue weighted by molar-refractivity contribution is 0.127. The second-order valence-electron chi connectivity index (χ2n) is 5.67. The van der Waals surface area contributed by atoms with Crippen molar-refractivity contribution in [3.63, 3.8) is 0 Å². The molecule has 1 aromatic carbocycles. The third-order valence-electron chi connectivity index (χ3n) is 3.98. The van der Waals surface area contributed by atoms with E-state index in [-0.39, 0.29) is 11.0 Å². The number of anilines is 1. The zero-order chi connectivity index (χ0) is 15.7. The van der Waals surface area contributed by atoms with Crippen LogP contribution in [0.5, 0.6) is 0 Å². The first-order valence-corrected chi connectivity index (χ1v) is 9.21. The fraction of sp³-hybridized carbons (Fsp3) is 0.533. The third kappa shape index (κ3) is 3.17. The molecular weight excluding hydrogens is 322 g/mol. The van der Waals surface area contributed by atoms with Crippen LogP contribution in [0.15, 0.2) is 23.1 Å². The van der Waals surface area contributed by atoms with E-state index >= 15 is 0 Å². The molecule has 1 aliphatic carbocycles. The Morgan fingerprint density at radius 2 is 2.14 bits per heavy atom. The van der Waals surface area contributed by atoms with Crippen molar-refractivity contribution in [2.24, 2.45) is 0 Å². The van der Waals surface area contributed by atoms with Crippen molar-refractivity contribution in [3.05, 3.63) is 23.8 Å². The molecule has 0 unspecified atom stereocenters. The Kier molecular flexibility index (Phi) is 4.49. The van der Waals surface area contributed by atoms with Crippen molar-refractivity contribution in [2.45, 2.75) is 37.2 Å². The van der Waals surface area contributed by atoms with E-state index in [0.717, 1.165) is 24.8 Å². The van der Waals surface area contributed by atoms with E-state index in [0.29, 0.717) is 30.4 Å². The van der Waals surface area contributed by atoms with Crippen LogP contribution in [0.1, 0.15) is 24.8 Å². The van der Waals surface area contributed by atoms with E-state index in [1.165, 1.54) is 0 Å². The molecule has 0 amide bonds. The Balaban J connectivity index is 1.98. The normalized spacial score (nSPS) is 20.0. The molecule has 1 aromatic rings. The number of hydrogen-bond donors (Lipinski definition) is 0. The summed E-state index contributed by atoms with van der Waals surface area (Å²) in [4.78, 5) is 2.62. The number of ether oxygens (including phenoxy) is 1. The maximum atomic E-state index is 12.6. The Morgan fingerprint density at radius 3 is 2.77 bits per heavy atom. The van der Waals surface area contributed by atoms with Gasteiger partial charge in [0.1, 0.15) is 9.88 Å². The van der Waals surface area contributed by atoms with Crippen molar-refractivity contribution in [1.29, 1.82) is 0 Å². The van der Waals surface area contributed by atoms with Crippen LogP contribution in [0.25, 0.3) is 0 Å². The smallest absolute Gasteiger partial charge is 0.299 e. The van der Waals surface area contributed by atoms with Crippen LogP contribution in [-0.4, -0.2) is 39.3 Å². The number of rotatable bonds is 4. The van der Waals surface area contributed by atoms with E-state index in [1.54, 1.807) is 12.1 Å². The van der Waals surface area contributed by atoms with E-state index < -0.39 is 10.1 Å². The highest BCUT2D eigenvalue weighted by atomic mass is 32.2. The van der Waals surface area contributed by atoms with Crippen LogP contribution in [0.3, 0.4) is 0 Å². The van der Waals surface area contributed by atoms with Crippen LogP contribution < -0.4 is 4.90 Å². The molecule has 7 heteroatoms. The molecular formula is C15H19NO4S2. The summed E-state index contributed by atoms with van der Waals surface area (Å²) in [7, 11) is -3.78. The monoisotopic (exact) mass is 341 g/mol. The van der Waals surface area contributed by atoms with Crippen molar-refractivity contribution >= 4 is 33.0 Å². The van der Waals surface area contributed by atoms with Gasteiger partial charge in [0.15, 0.2) is 0 Å². The summed E-state index contributed by atoms with van der Waals surface area (Å²) in [5.41, 5.74) is 1.57. The topological polar surface area (TPSA) is 55.8 Å². The lowest BCUT2D eigenvalue weighted by Gasteiger charge is -2.32. The number of benzene rings is 1. The van der Waals surface area contributed by atoms with E-state index in [1.807, 2.05) is 17.9 Å². The van der Waals surface area contributed by atoms with Gasteiger partial charge in [-0.1, -0.05) is 18.3 Å². The molecule has 2 fully saturated rings. The molecule has 1 aliphatic heterocycles. The molecule has 0 atom stereocenters. The molecule has 1 heterocycles. The summed E-state index contributed by atoms with van der Waals surface area (Å²) in [5, 5.41) is 0. The van der Waals surface area contributed by atoms with E-state index in [9.17, 15) is 8.42 Å². The Morgan fingerprint density at radius 1 is 1.36 bits per heavy atom. The SMILES string of the molecule is Cc1ccc(S(=O)(=O)OC2CCC2)c(N2CCOCC2=S)c1. The van der Waals surface area contributed by atoms with Crippen molar-refractivity contribution in [1.82, 2.24) is 0 Å². The first-order valence-electron chi connectivity index (χ1n) is 7.39. The average molecular weight is 341 g/mol. The molecule has 0 bridgehead atoms. The summed E-state index contributed by atoms with van der Waals surface area (Å²) in [6, 6.07) is 5.23. The molecule has 1 saturated heterocycles. The van der Waals surface area contributed by atoms with E-state index in [2.05, 4.69) is 0 Å². The van der Waals surface area contributed by atoms with E-state index in [4.69, 9.17) is 21.1 Å².